The normalized spacial score (nSPS) is 10.1. The second-order valence-corrected chi connectivity index (χ2v) is 3.29. The molecule has 3 nitrogen and oxygen atoms in total. The summed E-state index contributed by atoms with van der Waals surface area (Å²) < 4.78 is 15.3. The van der Waals surface area contributed by atoms with E-state index in [0.29, 0.717) is 23.1 Å². The first-order chi connectivity index (χ1) is 7.27. The van der Waals surface area contributed by atoms with Gasteiger partial charge in [0.2, 0.25) is 0 Å². The van der Waals surface area contributed by atoms with Crippen LogP contribution in [0.1, 0.15) is 13.3 Å². The molecule has 0 amide bonds. The number of methoxy groups -OCH3 is 1. The van der Waals surface area contributed by atoms with E-state index in [9.17, 15) is 0 Å². The van der Waals surface area contributed by atoms with Crippen molar-refractivity contribution < 1.29 is 14.2 Å². The largest absolute Gasteiger partial charge is 0.497 e. The van der Waals surface area contributed by atoms with Crippen molar-refractivity contribution in [3.8, 4) is 11.5 Å². The smallest absolute Gasteiger partial charge is 0.263 e. The maximum absolute atomic E-state index is 5.94. The molecule has 83 valence electrons. The summed E-state index contributed by atoms with van der Waals surface area (Å²) >= 11 is 5.94. The van der Waals surface area contributed by atoms with E-state index < -0.39 is 0 Å². The van der Waals surface area contributed by atoms with Crippen LogP contribution < -0.4 is 9.47 Å². The molecule has 0 spiro atoms. The molecule has 4 heteroatoms. The average Bonchev–Trinajstić information content (AvgIpc) is 2.26. The molecule has 0 bridgehead atoms. The van der Waals surface area contributed by atoms with Crippen molar-refractivity contribution in [1.29, 1.82) is 0 Å². The zero-order chi connectivity index (χ0) is 11.1. The minimum Gasteiger partial charge on any atom is -0.497 e. The Labute approximate surface area is 94.9 Å². The molecule has 0 fully saturated rings. The molecular weight excluding hydrogens is 216 g/mol. The monoisotopic (exact) mass is 229 g/mol. The Balaban J connectivity index is 2.47. The summed E-state index contributed by atoms with van der Waals surface area (Å²) in [5.41, 5.74) is 0. The second-order valence-electron chi connectivity index (χ2n) is 2.88. The van der Waals surface area contributed by atoms with E-state index in [1.165, 1.54) is 6.79 Å². The van der Waals surface area contributed by atoms with Gasteiger partial charge in [-0.05, 0) is 18.6 Å². The topological polar surface area (TPSA) is 27.7 Å². The molecule has 1 radical (unpaired) electrons. The molecule has 0 saturated carbocycles. The van der Waals surface area contributed by atoms with Gasteiger partial charge in [0, 0.05) is 6.07 Å². The van der Waals surface area contributed by atoms with Gasteiger partial charge in [0.15, 0.2) is 0 Å². The van der Waals surface area contributed by atoms with Gasteiger partial charge in [0.05, 0.1) is 18.7 Å². The second kappa shape index (κ2) is 6.53. The van der Waals surface area contributed by atoms with E-state index in [1.54, 1.807) is 25.3 Å². The van der Waals surface area contributed by atoms with E-state index in [2.05, 4.69) is 0 Å². The van der Waals surface area contributed by atoms with Gasteiger partial charge in [-0.1, -0.05) is 18.5 Å². The average molecular weight is 230 g/mol. The Morgan fingerprint density at radius 3 is 2.80 bits per heavy atom. The van der Waals surface area contributed by atoms with Gasteiger partial charge in [0.25, 0.3) is 6.79 Å². The van der Waals surface area contributed by atoms with Crippen LogP contribution in [0, 0.1) is 6.79 Å². The molecular formula is C11H14ClO3. The Kier molecular flexibility index (Phi) is 5.29. The van der Waals surface area contributed by atoms with Crippen molar-refractivity contribution >= 4 is 11.6 Å². The van der Waals surface area contributed by atoms with E-state index in [-0.39, 0.29) is 0 Å². The summed E-state index contributed by atoms with van der Waals surface area (Å²) in [5.74, 6) is 1.25. The van der Waals surface area contributed by atoms with Gasteiger partial charge in [0.1, 0.15) is 11.5 Å². The highest BCUT2D eigenvalue weighted by atomic mass is 35.5. The Morgan fingerprint density at radius 2 is 2.20 bits per heavy atom. The van der Waals surface area contributed by atoms with Crippen LogP contribution in [0.3, 0.4) is 0 Å². The van der Waals surface area contributed by atoms with E-state index in [1.807, 2.05) is 6.92 Å². The van der Waals surface area contributed by atoms with Crippen LogP contribution in [0.15, 0.2) is 18.2 Å². The third-order valence-electron chi connectivity index (χ3n) is 1.70. The van der Waals surface area contributed by atoms with Crippen LogP contribution in [0.25, 0.3) is 0 Å². The SMILES string of the molecule is CCCO[CH]Oc1ccc(OC)cc1Cl. The number of benzene rings is 1. The maximum atomic E-state index is 5.94. The fourth-order valence-corrected chi connectivity index (χ4v) is 1.17. The number of hydrogen-bond donors (Lipinski definition) is 0. The maximum Gasteiger partial charge on any atom is 0.263 e. The quantitative estimate of drug-likeness (QED) is 0.701. The summed E-state index contributed by atoms with van der Waals surface area (Å²) in [5, 5.41) is 0.491. The third kappa shape index (κ3) is 3.98. The molecule has 0 atom stereocenters. The van der Waals surface area contributed by atoms with E-state index in [4.69, 9.17) is 25.8 Å². The molecule has 0 aliphatic rings. The van der Waals surface area contributed by atoms with Crippen molar-refractivity contribution in [2.75, 3.05) is 13.7 Å². The first-order valence-electron chi connectivity index (χ1n) is 4.71. The molecule has 1 aromatic carbocycles. The van der Waals surface area contributed by atoms with Crippen LogP contribution in [0.4, 0.5) is 0 Å². The molecule has 0 aliphatic heterocycles. The fraction of sp³-hybridized carbons (Fsp3) is 0.364. The number of halogens is 1. The first kappa shape index (κ1) is 12.1. The van der Waals surface area contributed by atoms with Gasteiger partial charge in [-0.15, -0.1) is 0 Å². The molecule has 15 heavy (non-hydrogen) atoms. The number of rotatable bonds is 6. The van der Waals surface area contributed by atoms with Crippen molar-refractivity contribution in [1.82, 2.24) is 0 Å². The van der Waals surface area contributed by atoms with Gasteiger partial charge in [-0.3, -0.25) is 0 Å². The zero-order valence-corrected chi connectivity index (χ0v) is 9.58. The zero-order valence-electron chi connectivity index (χ0n) is 8.83. The molecule has 0 N–H and O–H groups in total. The molecule has 0 heterocycles. The molecule has 0 aromatic heterocycles. The van der Waals surface area contributed by atoms with E-state index in [0.717, 1.165) is 6.42 Å². The first-order valence-corrected chi connectivity index (χ1v) is 5.09. The lowest BCUT2D eigenvalue weighted by atomic mass is 10.3. The summed E-state index contributed by atoms with van der Waals surface area (Å²) in [6.45, 7) is 3.94. The standard InChI is InChI=1S/C11H14ClO3/c1-3-6-14-8-15-11-5-4-9(13-2)7-10(11)12/h4-5,7-8H,3,6H2,1-2H3. The van der Waals surface area contributed by atoms with Crippen molar-refractivity contribution in [3.05, 3.63) is 30.0 Å². The van der Waals surface area contributed by atoms with Crippen molar-refractivity contribution in [2.45, 2.75) is 13.3 Å². The molecule has 0 aliphatic carbocycles. The summed E-state index contributed by atoms with van der Waals surface area (Å²) in [6.07, 6.45) is 0.941. The lowest BCUT2D eigenvalue weighted by Gasteiger charge is -2.08. The van der Waals surface area contributed by atoms with Crippen LogP contribution >= 0.6 is 11.6 Å². The minimum atomic E-state index is 0.491. The number of hydrogen-bond acceptors (Lipinski definition) is 3. The van der Waals surface area contributed by atoms with Gasteiger partial charge in [-0.25, -0.2) is 0 Å². The Bertz CT molecular complexity index is 302. The lowest BCUT2D eigenvalue weighted by Crippen LogP contribution is -1.97. The highest BCUT2D eigenvalue weighted by Crippen LogP contribution is 2.28. The van der Waals surface area contributed by atoms with Gasteiger partial charge >= 0.3 is 0 Å². The predicted molar refractivity (Wildman–Crippen MR) is 59.2 cm³/mol. The van der Waals surface area contributed by atoms with Crippen LogP contribution in [-0.2, 0) is 4.74 Å². The Hall–Kier alpha value is -0.930. The molecule has 1 rings (SSSR count). The van der Waals surface area contributed by atoms with Crippen LogP contribution in [0.2, 0.25) is 5.02 Å². The number of ether oxygens (including phenoxy) is 3. The summed E-state index contributed by atoms with van der Waals surface area (Å²) in [7, 11) is 1.59. The minimum absolute atomic E-state index is 0.491. The third-order valence-corrected chi connectivity index (χ3v) is 2.00. The summed E-state index contributed by atoms with van der Waals surface area (Å²) in [6, 6.07) is 5.19. The van der Waals surface area contributed by atoms with Gasteiger partial charge in [-0.2, -0.15) is 0 Å². The molecule has 0 unspecified atom stereocenters. The Morgan fingerprint density at radius 1 is 1.40 bits per heavy atom. The van der Waals surface area contributed by atoms with Crippen LogP contribution in [-0.4, -0.2) is 13.7 Å². The van der Waals surface area contributed by atoms with Gasteiger partial charge < -0.3 is 14.2 Å². The predicted octanol–water partition coefficient (Wildman–Crippen LogP) is 3.27. The molecule has 0 saturated heterocycles. The van der Waals surface area contributed by atoms with Crippen molar-refractivity contribution in [2.24, 2.45) is 0 Å². The highest BCUT2D eigenvalue weighted by Gasteiger charge is 2.03. The molecule has 1 aromatic rings. The van der Waals surface area contributed by atoms with Crippen molar-refractivity contribution in [3.63, 3.8) is 0 Å². The fourth-order valence-electron chi connectivity index (χ4n) is 0.956. The van der Waals surface area contributed by atoms with Crippen LogP contribution in [0.5, 0.6) is 11.5 Å². The summed E-state index contributed by atoms with van der Waals surface area (Å²) in [4.78, 5) is 0. The highest BCUT2D eigenvalue weighted by molar-refractivity contribution is 6.32. The lowest BCUT2D eigenvalue weighted by molar-refractivity contribution is 0.0924. The van der Waals surface area contributed by atoms with E-state index >= 15 is 0 Å².